The van der Waals surface area contributed by atoms with Crippen LogP contribution in [0, 0.1) is 11.3 Å². The van der Waals surface area contributed by atoms with Gasteiger partial charge in [0.05, 0.1) is 12.0 Å². The maximum absolute atomic E-state index is 11.6. The second-order valence-corrected chi connectivity index (χ2v) is 6.71. The molecule has 1 aliphatic rings. The zero-order valence-corrected chi connectivity index (χ0v) is 10.8. The Kier molecular flexibility index (Phi) is 3.50. The van der Waals surface area contributed by atoms with Crippen molar-refractivity contribution in [3.63, 3.8) is 0 Å². The van der Waals surface area contributed by atoms with Gasteiger partial charge in [-0.05, 0) is 6.08 Å². The molecule has 0 aromatic heterocycles. The van der Waals surface area contributed by atoms with Crippen molar-refractivity contribution in [2.75, 3.05) is 7.11 Å². The molecule has 0 amide bonds. The van der Waals surface area contributed by atoms with Crippen molar-refractivity contribution >= 4 is 25.7 Å². The molecule has 0 radical (unpaired) electrons. The van der Waals surface area contributed by atoms with Gasteiger partial charge in [-0.15, -0.1) is 0 Å². The third-order valence-corrected chi connectivity index (χ3v) is 4.00. The number of hydrogen-bond donors (Lipinski definition) is 0. The monoisotopic (exact) mass is 264 g/mol. The summed E-state index contributed by atoms with van der Waals surface area (Å²) in [5.41, 5.74) is -0.640. The Morgan fingerprint density at radius 2 is 2.06 bits per heavy atom. The molecule has 0 N–H and O–H groups in total. The minimum atomic E-state index is -3.92. The summed E-state index contributed by atoms with van der Waals surface area (Å²) in [6, 6.07) is 0. The summed E-state index contributed by atoms with van der Waals surface area (Å²) in [7, 11) is 2.59. The van der Waals surface area contributed by atoms with E-state index < -0.39 is 26.4 Å². The normalized spacial score (nSPS) is 23.8. The van der Waals surface area contributed by atoms with Crippen LogP contribution >= 0.6 is 10.7 Å². The Bertz CT molecular complexity index is 459. The summed E-state index contributed by atoms with van der Waals surface area (Å²) in [5, 5.41) is 0. The molecule has 1 unspecified atom stereocenters. The molecule has 1 rings (SSSR count). The maximum atomic E-state index is 11.6. The largest absolute Gasteiger partial charge is 0.469 e. The lowest BCUT2D eigenvalue weighted by molar-refractivity contribution is -0.146. The predicted molar refractivity (Wildman–Crippen MR) is 61.3 cm³/mol. The molecule has 90 valence electrons. The third kappa shape index (κ3) is 2.47. The first-order chi connectivity index (χ1) is 7.20. The summed E-state index contributed by atoms with van der Waals surface area (Å²) >= 11 is 0. The fourth-order valence-corrected chi connectivity index (χ4v) is 3.05. The number of carbonyl (C=O) groups is 1. The molecule has 6 heteroatoms. The fraction of sp³-hybridized carbons (Fsp3) is 0.500. The number of carbonyl (C=O) groups excluding carboxylic acids is 1. The lowest BCUT2D eigenvalue weighted by atomic mass is 9.76. The first kappa shape index (κ1) is 13.3. The molecule has 0 spiro atoms. The topological polar surface area (TPSA) is 60.4 Å². The van der Waals surface area contributed by atoms with Crippen LogP contribution in [0.3, 0.4) is 0 Å². The average molecular weight is 265 g/mol. The van der Waals surface area contributed by atoms with E-state index in [0.717, 1.165) is 0 Å². The molecule has 0 saturated heterocycles. The molecule has 0 saturated carbocycles. The van der Waals surface area contributed by atoms with Crippen molar-refractivity contribution in [2.45, 2.75) is 13.8 Å². The maximum Gasteiger partial charge on any atom is 0.314 e. The summed E-state index contributed by atoms with van der Waals surface area (Å²) in [6.45, 7) is 3.50. The van der Waals surface area contributed by atoms with E-state index in [-0.39, 0.29) is 4.91 Å². The van der Waals surface area contributed by atoms with Crippen molar-refractivity contribution in [2.24, 2.45) is 11.3 Å². The van der Waals surface area contributed by atoms with E-state index in [2.05, 4.69) is 4.74 Å². The van der Waals surface area contributed by atoms with Crippen LogP contribution in [-0.4, -0.2) is 21.5 Å². The SMILES string of the molecule is COC(=O)C1C(S(=O)(=O)Cl)=CC=CC1(C)C. The van der Waals surface area contributed by atoms with Crippen molar-refractivity contribution in [1.82, 2.24) is 0 Å². The van der Waals surface area contributed by atoms with Gasteiger partial charge >= 0.3 is 5.97 Å². The highest BCUT2D eigenvalue weighted by molar-refractivity contribution is 8.16. The highest BCUT2D eigenvalue weighted by Gasteiger charge is 2.42. The molecule has 1 atom stereocenters. The molecule has 4 nitrogen and oxygen atoms in total. The smallest absolute Gasteiger partial charge is 0.314 e. The Morgan fingerprint density at radius 3 is 2.50 bits per heavy atom. The first-order valence-corrected chi connectivity index (χ1v) is 6.93. The van der Waals surface area contributed by atoms with Crippen molar-refractivity contribution in [3.8, 4) is 0 Å². The van der Waals surface area contributed by atoms with Crippen molar-refractivity contribution in [3.05, 3.63) is 23.1 Å². The second kappa shape index (κ2) is 4.22. The Balaban J connectivity index is 3.31. The van der Waals surface area contributed by atoms with Crippen LogP contribution in [0.2, 0.25) is 0 Å². The van der Waals surface area contributed by atoms with E-state index in [1.165, 1.54) is 13.2 Å². The minimum absolute atomic E-state index is 0.117. The zero-order chi connectivity index (χ0) is 12.6. The van der Waals surface area contributed by atoms with Crippen LogP contribution in [0.4, 0.5) is 0 Å². The van der Waals surface area contributed by atoms with Crippen LogP contribution in [0.25, 0.3) is 0 Å². The van der Waals surface area contributed by atoms with Gasteiger partial charge in [-0.25, -0.2) is 8.42 Å². The van der Waals surface area contributed by atoms with Gasteiger partial charge < -0.3 is 4.74 Å². The van der Waals surface area contributed by atoms with Gasteiger partial charge in [0.1, 0.15) is 5.92 Å². The summed E-state index contributed by atoms with van der Waals surface area (Å²) in [6.07, 6.45) is 4.66. The number of hydrogen-bond acceptors (Lipinski definition) is 4. The van der Waals surface area contributed by atoms with Crippen LogP contribution in [0.1, 0.15) is 13.8 Å². The van der Waals surface area contributed by atoms with E-state index in [1.54, 1.807) is 26.0 Å². The van der Waals surface area contributed by atoms with E-state index in [1.807, 2.05) is 0 Å². The predicted octanol–water partition coefficient (Wildman–Crippen LogP) is 1.82. The lowest BCUT2D eigenvalue weighted by Gasteiger charge is -2.32. The van der Waals surface area contributed by atoms with Crippen LogP contribution < -0.4 is 0 Å². The zero-order valence-electron chi connectivity index (χ0n) is 9.23. The third-order valence-electron chi connectivity index (χ3n) is 2.53. The summed E-state index contributed by atoms with van der Waals surface area (Å²) < 4.78 is 27.3. The lowest BCUT2D eigenvalue weighted by Crippen LogP contribution is -2.35. The summed E-state index contributed by atoms with van der Waals surface area (Å²) in [4.78, 5) is 11.5. The molecule has 0 aliphatic heterocycles. The molecule has 1 aliphatic carbocycles. The number of esters is 1. The number of rotatable bonds is 2. The average Bonchev–Trinajstić information content (AvgIpc) is 2.13. The van der Waals surface area contributed by atoms with Gasteiger partial charge in [-0.3, -0.25) is 4.79 Å². The highest BCUT2D eigenvalue weighted by atomic mass is 35.7. The molecule has 0 bridgehead atoms. The molecular formula is C10H13ClO4S. The standard InChI is InChI=1S/C10H13ClO4S/c1-10(2)6-4-5-7(16(11,13)14)8(10)9(12)15-3/h4-6,8H,1-3H3. The fourth-order valence-electron chi connectivity index (χ4n) is 1.71. The molecule has 0 aromatic rings. The van der Waals surface area contributed by atoms with Gasteiger partial charge in [0.25, 0.3) is 9.05 Å². The van der Waals surface area contributed by atoms with Crippen molar-refractivity contribution in [1.29, 1.82) is 0 Å². The van der Waals surface area contributed by atoms with Gasteiger partial charge in [-0.2, -0.15) is 0 Å². The molecule has 16 heavy (non-hydrogen) atoms. The van der Waals surface area contributed by atoms with E-state index in [4.69, 9.17) is 10.7 Å². The molecule has 0 heterocycles. The van der Waals surface area contributed by atoms with Gasteiger partial charge in [-0.1, -0.05) is 26.0 Å². The Labute approximate surface area is 99.3 Å². The molecule has 0 aromatic carbocycles. The Morgan fingerprint density at radius 1 is 1.50 bits per heavy atom. The van der Waals surface area contributed by atoms with Gasteiger partial charge in [0, 0.05) is 16.1 Å². The van der Waals surface area contributed by atoms with Crippen LogP contribution in [-0.2, 0) is 18.6 Å². The van der Waals surface area contributed by atoms with E-state index in [0.29, 0.717) is 0 Å². The number of allylic oxidation sites excluding steroid dienone is 3. The highest BCUT2D eigenvalue weighted by Crippen LogP contribution is 2.41. The quantitative estimate of drug-likeness (QED) is 0.564. The van der Waals surface area contributed by atoms with Gasteiger partial charge in [0.2, 0.25) is 0 Å². The number of methoxy groups -OCH3 is 1. The van der Waals surface area contributed by atoms with Crippen LogP contribution in [0.15, 0.2) is 23.1 Å². The summed E-state index contributed by atoms with van der Waals surface area (Å²) in [5.74, 6) is -1.50. The minimum Gasteiger partial charge on any atom is -0.469 e. The molecule has 0 fully saturated rings. The van der Waals surface area contributed by atoms with E-state index in [9.17, 15) is 13.2 Å². The second-order valence-electron chi connectivity index (χ2n) is 4.14. The first-order valence-electron chi connectivity index (χ1n) is 4.62. The molecular weight excluding hydrogens is 252 g/mol. The number of halogens is 1. The van der Waals surface area contributed by atoms with Crippen molar-refractivity contribution < 1.29 is 17.9 Å². The van der Waals surface area contributed by atoms with Crippen LogP contribution in [0.5, 0.6) is 0 Å². The number of ether oxygens (including phenoxy) is 1. The Hall–Kier alpha value is -0.810. The van der Waals surface area contributed by atoms with Gasteiger partial charge in [0.15, 0.2) is 0 Å². The van der Waals surface area contributed by atoms with E-state index >= 15 is 0 Å².